The molecule has 0 spiro atoms. The van der Waals surface area contributed by atoms with E-state index in [1.807, 2.05) is 12.1 Å². The van der Waals surface area contributed by atoms with Crippen molar-refractivity contribution in [3.05, 3.63) is 90.3 Å². The Morgan fingerprint density at radius 2 is 1.61 bits per heavy atom. The molecule has 2 aromatic carbocycles. The van der Waals surface area contributed by atoms with Crippen molar-refractivity contribution in [1.82, 2.24) is 15.0 Å². The van der Waals surface area contributed by atoms with Crippen LogP contribution in [0, 0.1) is 11.6 Å². The van der Waals surface area contributed by atoms with Gasteiger partial charge in [-0.1, -0.05) is 23.9 Å². The van der Waals surface area contributed by atoms with Crippen LogP contribution in [-0.4, -0.2) is 15.0 Å². The molecule has 2 heterocycles. The summed E-state index contributed by atoms with van der Waals surface area (Å²) in [6.07, 6.45) is 3.33. The summed E-state index contributed by atoms with van der Waals surface area (Å²) in [4.78, 5) is 13.7. The van der Waals surface area contributed by atoms with E-state index < -0.39 is 0 Å². The van der Waals surface area contributed by atoms with Crippen molar-refractivity contribution >= 4 is 35.0 Å². The second kappa shape index (κ2) is 9.40. The predicted octanol–water partition coefficient (Wildman–Crippen LogP) is 5.24. The summed E-state index contributed by atoms with van der Waals surface area (Å²) in [7, 11) is 0. The summed E-state index contributed by atoms with van der Waals surface area (Å²) >= 11 is 1.32. The highest BCUT2D eigenvalue weighted by Gasteiger charge is 2.08. The molecule has 0 saturated carbocycles. The number of hydrogen-bond acceptors (Lipinski definition) is 7. The second-order valence-electron chi connectivity index (χ2n) is 6.53. The number of nitrogens with zero attached hydrogens (tertiary/aromatic N) is 3. The largest absolute Gasteiger partial charge is 0.368 e. The van der Waals surface area contributed by atoms with E-state index in [4.69, 9.17) is 5.73 Å². The molecule has 0 bridgehead atoms. The summed E-state index contributed by atoms with van der Waals surface area (Å²) in [6, 6.07) is 16.3. The number of halogens is 2. The van der Waals surface area contributed by atoms with Gasteiger partial charge in [-0.05, 0) is 48.0 Å². The first-order chi connectivity index (χ1) is 15.0. The van der Waals surface area contributed by atoms with Crippen LogP contribution in [0.3, 0.4) is 0 Å². The monoisotopic (exact) mass is 436 g/mol. The molecular formula is C22H18F2N6S. The second-order valence-corrected chi connectivity index (χ2v) is 7.65. The molecule has 4 rings (SSSR count). The third-order valence-corrected chi connectivity index (χ3v) is 5.27. The number of rotatable bonds is 7. The van der Waals surface area contributed by atoms with Gasteiger partial charge < -0.3 is 16.4 Å². The van der Waals surface area contributed by atoms with Crippen molar-refractivity contribution in [3.8, 4) is 0 Å². The van der Waals surface area contributed by atoms with Crippen LogP contribution in [0.1, 0.15) is 5.56 Å². The maximum absolute atomic E-state index is 14.6. The van der Waals surface area contributed by atoms with Crippen molar-refractivity contribution in [3.63, 3.8) is 0 Å². The molecule has 0 aliphatic carbocycles. The summed E-state index contributed by atoms with van der Waals surface area (Å²) in [6.45, 7) is 0.436. The molecule has 9 heteroatoms. The standard InChI is InChI=1S/C22H18F2N6S/c23-15-3-1-14(2-4-15)13-27-20-12-21(30-22(25)29-20)28-16-5-6-19(18(24)11-16)31-17-7-9-26-10-8-17/h1-12H,13H2,(H4,25,27,28,29,30). The highest BCUT2D eigenvalue weighted by Crippen LogP contribution is 2.31. The lowest BCUT2D eigenvalue weighted by atomic mass is 10.2. The Morgan fingerprint density at radius 1 is 0.871 bits per heavy atom. The minimum Gasteiger partial charge on any atom is -0.368 e. The third kappa shape index (κ3) is 5.67. The number of nitrogens with one attached hydrogen (secondary N) is 2. The first-order valence-corrected chi connectivity index (χ1v) is 10.1. The lowest BCUT2D eigenvalue weighted by Gasteiger charge is -2.11. The van der Waals surface area contributed by atoms with Crippen molar-refractivity contribution in [2.75, 3.05) is 16.4 Å². The number of aromatic nitrogens is 3. The highest BCUT2D eigenvalue weighted by molar-refractivity contribution is 7.99. The number of pyridine rings is 1. The maximum Gasteiger partial charge on any atom is 0.223 e. The lowest BCUT2D eigenvalue weighted by Crippen LogP contribution is -2.06. The van der Waals surface area contributed by atoms with E-state index in [1.54, 1.807) is 42.7 Å². The lowest BCUT2D eigenvalue weighted by molar-refractivity contribution is 0.602. The SMILES string of the molecule is Nc1nc(NCc2ccc(F)cc2)cc(Nc2ccc(Sc3ccncc3)c(F)c2)n1. The zero-order chi connectivity index (χ0) is 21.6. The normalized spacial score (nSPS) is 10.6. The summed E-state index contributed by atoms with van der Waals surface area (Å²) in [5, 5.41) is 6.16. The number of nitrogen functional groups attached to an aromatic ring is 1. The molecule has 2 aromatic heterocycles. The van der Waals surface area contributed by atoms with Crippen LogP contribution >= 0.6 is 11.8 Å². The summed E-state index contributed by atoms with van der Waals surface area (Å²) in [5.74, 6) is 0.326. The van der Waals surface area contributed by atoms with E-state index in [1.165, 1.54) is 30.0 Å². The first kappa shape index (κ1) is 20.5. The van der Waals surface area contributed by atoms with Crippen molar-refractivity contribution in [2.24, 2.45) is 0 Å². The van der Waals surface area contributed by atoms with E-state index >= 15 is 0 Å². The Hall–Kier alpha value is -3.72. The molecule has 6 nitrogen and oxygen atoms in total. The molecule has 4 aromatic rings. The molecule has 0 saturated heterocycles. The quantitative estimate of drug-likeness (QED) is 0.365. The van der Waals surface area contributed by atoms with Crippen molar-refractivity contribution in [2.45, 2.75) is 16.3 Å². The molecule has 0 unspecified atom stereocenters. The molecule has 0 aliphatic heterocycles. The molecule has 0 fully saturated rings. The van der Waals surface area contributed by atoms with Gasteiger partial charge in [-0.2, -0.15) is 9.97 Å². The van der Waals surface area contributed by atoms with Gasteiger partial charge in [-0.15, -0.1) is 0 Å². The van der Waals surface area contributed by atoms with Gasteiger partial charge in [0.05, 0.1) is 0 Å². The van der Waals surface area contributed by atoms with E-state index in [2.05, 4.69) is 25.6 Å². The van der Waals surface area contributed by atoms with Gasteiger partial charge in [-0.3, -0.25) is 4.98 Å². The third-order valence-electron chi connectivity index (χ3n) is 4.21. The Morgan fingerprint density at radius 3 is 2.35 bits per heavy atom. The highest BCUT2D eigenvalue weighted by atomic mass is 32.2. The van der Waals surface area contributed by atoms with Gasteiger partial charge in [0.15, 0.2) is 0 Å². The zero-order valence-corrected chi connectivity index (χ0v) is 17.0. The smallest absolute Gasteiger partial charge is 0.223 e. The molecule has 0 aliphatic rings. The van der Waals surface area contributed by atoms with E-state index in [0.717, 1.165) is 10.5 Å². The fourth-order valence-electron chi connectivity index (χ4n) is 2.76. The molecule has 156 valence electrons. The molecule has 31 heavy (non-hydrogen) atoms. The molecule has 0 atom stereocenters. The van der Waals surface area contributed by atoms with Gasteiger partial charge in [-0.25, -0.2) is 8.78 Å². The Kier molecular flexibility index (Phi) is 6.23. The minimum atomic E-state index is -0.358. The Labute approximate surface area is 182 Å². The van der Waals surface area contributed by atoms with Crippen molar-refractivity contribution < 1.29 is 8.78 Å². The van der Waals surface area contributed by atoms with Crippen LogP contribution in [0.4, 0.5) is 32.1 Å². The van der Waals surface area contributed by atoms with E-state index in [-0.39, 0.29) is 17.6 Å². The average molecular weight is 436 g/mol. The maximum atomic E-state index is 14.6. The minimum absolute atomic E-state index is 0.0666. The molecule has 0 amide bonds. The van der Waals surface area contributed by atoms with Gasteiger partial charge in [0.2, 0.25) is 5.95 Å². The fourth-order valence-corrected chi connectivity index (χ4v) is 3.56. The van der Waals surface area contributed by atoms with Crippen LogP contribution < -0.4 is 16.4 Å². The van der Waals surface area contributed by atoms with Crippen molar-refractivity contribution in [1.29, 1.82) is 0 Å². The topological polar surface area (TPSA) is 88.8 Å². The van der Waals surface area contributed by atoms with E-state index in [0.29, 0.717) is 28.8 Å². The zero-order valence-electron chi connectivity index (χ0n) is 16.2. The molecule has 0 radical (unpaired) electrons. The van der Waals surface area contributed by atoms with Gasteiger partial charge in [0.1, 0.15) is 23.3 Å². The van der Waals surface area contributed by atoms with Gasteiger partial charge >= 0.3 is 0 Å². The number of nitrogens with two attached hydrogens (primary N) is 1. The van der Waals surface area contributed by atoms with Crippen LogP contribution in [0.25, 0.3) is 0 Å². The van der Waals surface area contributed by atoms with Gasteiger partial charge in [0, 0.05) is 40.5 Å². The van der Waals surface area contributed by atoms with Crippen LogP contribution in [0.5, 0.6) is 0 Å². The summed E-state index contributed by atoms with van der Waals surface area (Å²) in [5.41, 5.74) is 7.22. The number of hydrogen-bond donors (Lipinski definition) is 3. The molecule has 4 N–H and O–H groups in total. The first-order valence-electron chi connectivity index (χ1n) is 9.32. The van der Waals surface area contributed by atoms with Crippen LogP contribution in [-0.2, 0) is 6.54 Å². The Bertz CT molecular complexity index is 1170. The van der Waals surface area contributed by atoms with Crippen LogP contribution in [0.15, 0.2) is 82.8 Å². The predicted molar refractivity (Wildman–Crippen MR) is 118 cm³/mol. The summed E-state index contributed by atoms with van der Waals surface area (Å²) < 4.78 is 27.6. The van der Waals surface area contributed by atoms with E-state index in [9.17, 15) is 8.78 Å². The average Bonchev–Trinajstić information content (AvgIpc) is 2.76. The Balaban J connectivity index is 1.45. The van der Waals surface area contributed by atoms with Crippen LogP contribution in [0.2, 0.25) is 0 Å². The fraction of sp³-hybridized carbons (Fsp3) is 0.0455. The van der Waals surface area contributed by atoms with Gasteiger partial charge in [0.25, 0.3) is 0 Å². The number of benzene rings is 2. The number of anilines is 4. The molecular weight excluding hydrogens is 418 g/mol.